The van der Waals surface area contributed by atoms with Crippen LogP contribution in [-0.2, 0) is 4.79 Å². The molecule has 0 spiro atoms. The average molecular weight is 208 g/mol. The maximum atomic E-state index is 11.3. The van der Waals surface area contributed by atoms with Crippen LogP contribution in [0.1, 0.15) is 39.5 Å². The maximum Gasteiger partial charge on any atom is 0.317 e. The molecular weight excluding hydrogens is 188 g/mol. The van der Waals surface area contributed by atoms with Crippen molar-refractivity contribution in [3.63, 3.8) is 0 Å². The van der Waals surface area contributed by atoms with Gasteiger partial charge in [-0.15, -0.1) is 0 Å². The number of rotatable bonds is 5. The van der Waals surface area contributed by atoms with E-state index in [1.54, 1.807) is 0 Å². The highest BCUT2D eigenvalue weighted by Crippen LogP contribution is 2.35. The Morgan fingerprint density at radius 3 is 2.27 bits per heavy atom. The van der Waals surface area contributed by atoms with E-state index in [-0.39, 0.29) is 0 Å². The molecular formula is C13H20O2. The normalized spacial score (nSPS) is 18.3. The molecule has 1 aliphatic rings. The maximum absolute atomic E-state index is 11.3. The van der Waals surface area contributed by atoms with Crippen molar-refractivity contribution in [2.24, 2.45) is 11.3 Å². The molecule has 0 heterocycles. The highest BCUT2D eigenvalue weighted by Gasteiger charge is 2.35. The second-order valence-electron chi connectivity index (χ2n) is 4.27. The second kappa shape index (κ2) is 5.15. The minimum Gasteiger partial charge on any atom is -0.480 e. The predicted octanol–water partition coefficient (Wildman–Crippen LogP) is 3.40. The SMILES string of the molecule is CCC(CC)CC1(C(=O)O)C=CCC=C1. The summed E-state index contributed by atoms with van der Waals surface area (Å²) in [5.41, 5.74) is -0.741. The lowest BCUT2D eigenvalue weighted by molar-refractivity contribution is -0.144. The zero-order chi connectivity index (χ0) is 11.3. The minimum absolute atomic E-state index is 0.494. The third kappa shape index (κ3) is 2.71. The van der Waals surface area contributed by atoms with Gasteiger partial charge in [0.05, 0.1) is 0 Å². The van der Waals surface area contributed by atoms with Crippen LogP contribution in [0.3, 0.4) is 0 Å². The molecule has 15 heavy (non-hydrogen) atoms. The van der Waals surface area contributed by atoms with Gasteiger partial charge in [0.1, 0.15) is 5.41 Å². The van der Waals surface area contributed by atoms with Gasteiger partial charge in [-0.05, 0) is 18.8 Å². The third-order valence-corrected chi connectivity index (χ3v) is 3.28. The number of carboxylic acids is 1. The van der Waals surface area contributed by atoms with Crippen LogP contribution in [0, 0.1) is 11.3 Å². The average Bonchev–Trinajstić information content (AvgIpc) is 2.27. The minimum atomic E-state index is -0.741. The van der Waals surface area contributed by atoms with Gasteiger partial charge in [-0.25, -0.2) is 0 Å². The van der Waals surface area contributed by atoms with Crippen LogP contribution in [0.5, 0.6) is 0 Å². The summed E-state index contributed by atoms with van der Waals surface area (Å²) in [7, 11) is 0. The molecule has 1 rings (SSSR count). The van der Waals surface area contributed by atoms with Crippen LogP contribution < -0.4 is 0 Å². The van der Waals surface area contributed by atoms with Crippen LogP contribution in [0.2, 0.25) is 0 Å². The first-order valence-corrected chi connectivity index (χ1v) is 5.73. The third-order valence-electron chi connectivity index (χ3n) is 3.28. The van der Waals surface area contributed by atoms with E-state index in [1.807, 2.05) is 24.3 Å². The van der Waals surface area contributed by atoms with E-state index in [9.17, 15) is 9.90 Å². The van der Waals surface area contributed by atoms with Gasteiger partial charge in [-0.1, -0.05) is 51.0 Å². The summed E-state index contributed by atoms with van der Waals surface area (Å²) in [5.74, 6) is -0.227. The van der Waals surface area contributed by atoms with Crippen LogP contribution in [-0.4, -0.2) is 11.1 Å². The molecule has 84 valence electrons. The number of hydrogen-bond donors (Lipinski definition) is 1. The van der Waals surface area contributed by atoms with E-state index in [1.165, 1.54) is 0 Å². The predicted molar refractivity (Wildman–Crippen MR) is 61.7 cm³/mol. The second-order valence-corrected chi connectivity index (χ2v) is 4.27. The summed E-state index contributed by atoms with van der Waals surface area (Å²) in [4.78, 5) is 11.3. The molecule has 0 unspecified atom stereocenters. The summed E-state index contributed by atoms with van der Waals surface area (Å²) in [5, 5.41) is 9.33. The Hall–Kier alpha value is -1.05. The summed E-state index contributed by atoms with van der Waals surface area (Å²) < 4.78 is 0. The van der Waals surface area contributed by atoms with Gasteiger partial charge in [0.2, 0.25) is 0 Å². The Labute approximate surface area is 91.7 Å². The van der Waals surface area contributed by atoms with E-state index in [4.69, 9.17) is 0 Å². The van der Waals surface area contributed by atoms with E-state index in [0.717, 1.165) is 25.7 Å². The smallest absolute Gasteiger partial charge is 0.317 e. The summed E-state index contributed by atoms with van der Waals surface area (Å²) in [6, 6.07) is 0. The molecule has 0 aromatic heterocycles. The quantitative estimate of drug-likeness (QED) is 0.703. The van der Waals surface area contributed by atoms with Crippen molar-refractivity contribution in [3.8, 4) is 0 Å². The molecule has 0 saturated carbocycles. The summed E-state index contributed by atoms with van der Waals surface area (Å²) in [6.45, 7) is 4.25. The number of aliphatic carboxylic acids is 1. The van der Waals surface area contributed by atoms with Crippen molar-refractivity contribution in [1.29, 1.82) is 0 Å². The van der Waals surface area contributed by atoms with Crippen molar-refractivity contribution in [2.75, 3.05) is 0 Å². The molecule has 0 fully saturated rings. The van der Waals surface area contributed by atoms with E-state index in [2.05, 4.69) is 13.8 Å². The number of carboxylic acid groups (broad SMARTS) is 1. The fourth-order valence-electron chi connectivity index (χ4n) is 2.11. The molecule has 1 N–H and O–H groups in total. The lowest BCUT2D eigenvalue weighted by Crippen LogP contribution is -2.30. The Morgan fingerprint density at radius 2 is 1.87 bits per heavy atom. The molecule has 0 aromatic rings. The zero-order valence-electron chi connectivity index (χ0n) is 9.57. The molecule has 0 amide bonds. The molecule has 2 heteroatoms. The Kier molecular flexibility index (Phi) is 4.13. The fourth-order valence-corrected chi connectivity index (χ4v) is 2.11. The van der Waals surface area contributed by atoms with Crippen molar-refractivity contribution in [3.05, 3.63) is 24.3 Å². The van der Waals surface area contributed by atoms with E-state index in [0.29, 0.717) is 5.92 Å². The van der Waals surface area contributed by atoms with Gasteiger partial charge in [-0.2, -0.15) is 0 Å². The molecule has 0 aromatic carbocycles. The topological polar surface area (TPSA) is 37.3 Å². The van der Waals surface area contributed by atoms with Crippen LogP contribution in [0.4, 0.5) is 0 Å². The van der Waals surface area contributed by atoms with Crippen molar-refractivity contribution in [1.82, 2.24) is 0 Å². The first-order chi connectivity index (χ1) is 7.14. The van der Waals surface area contributed by atoms with Crippen LogP contribution in [0.15, 0.2) is 24.3 Å². The van der Waals surface area contributed by atoms with Crippen molar-refractivity contribution in [2.45, 2.75) is 39.5 Å². The van der Waals surface area contributed by atoms with Gasteiger partial charge in [-0.3, -0.25) is 4.79 Å². The lowest BCUT2D eigenvalue weighted by atomic mass is 9.75. The van der Waals surface area contributed by atoms with Gasteiger partial charge < -0.3 is 5.11 Å². The van der Waals surface area contributed by atoms with Crippen LogP contribution >= 0.6 is 0 Å². The molecule has 1 aliphatic carbocycles. The monoisotopic (exact) mass is 208 g/mol. The lowest BCUT2D eigenvalue weighted by Gasteiger charge is -2.28. The van der Waals surface area contributed by atoms with E-state index >= 15 is 0 Å². The van der Waals surface area contributed by atoms with Crippen LogP contribution in [0.25, 0.3) is 0 Å². The number of hydrogen-bond acceptors (Lipinski definition) is 1. The van der Waals surface area contributed by atoms with Crippen molar-refractivity contribution < 1.29 is 9.90 Å². The summed E-state index contributed by atoms with van der Waals surface area (Å²) >= 11 is 0. The van der Waals surface area contributed by atoms with Gasteiger partial charge in [0, 0.05) is 0 Å². The molecule has 0 saturated heterocycles. The van der Waals surface area contributed by atoms with Gasteiger partial charge >= 0.3 is 5.97 Å². The summed E-state index contributed by atoms with van der Waals surface area (Å²) in [6.07, 6.45) is 11.3. The fraction of sp³-hybridized carbons (Fsp3) is 0.615. The molecule has 0 atom stereocenters. The van der Waals surface area contributed by atoms with E-state index < -0.39 is 11.4 Å². The molecule has 0 bridgehead atoms. The number of carbonyl (C=O) groups is 1. The molecule has 0 aliphatic heterocycles. The first-order valence-electron chi connectivity index (χ1n) is 5.73. The van der Waals surface area contributed by atoms with Gasteiger partial charge in [0.15, 0.2) is 0 Å². The van der Waals surface area contributed by atoms with Crippen molar-refractivity contribution >= 4 is 5.97 Å². The molecule has 0 radical (unpaired) electrons. The highest BCUT2D eigenvalue weighted by atomic mass is 16.4. The Bertz CT molecular complexity index is 260. The first kappa shape index (κ1) is 12.0. The standard InChI is InChI=1S/C13H20O2/c1-3-11(4-2)10-13(12(14)15)8-6-5-7-9-13/h6-9,11H,3-5,10H2,1-2H3,(H,14,15). The largest absolute Gasteiger partial charge is 0.480 e. The Morgan fingerprint density at radius 1 is 1.33 bits per heavy atom. The highest BCUT2D eigenvalue weighted by molar-refractivity contribution is 5.80. The number of allylic oxidation sites excluding steroid dienone is 2. The zero-order valence-corrected chi connectivity index (χ0v) is 9.57. The Balaban J connectivity index is 2.82. The molecule has 2 nitrogen and oxygen atoms in total. The van der Waals surface area contributed by atoms with Gasteiger partial charge in [0.25, 0.3) is 0 Å².